The van der Waals surface area contributed by atoms with Crippen LogP contribution in [0, 0.1) is 0 Å². The number of rotatable bonds is 7. The van der Waals surface area contributed by atoms with Crippen molar-refractivity contribution in [1.82, 2.24) is 15.8 Å². The minimum absolute atomic E-state index is 0.430. The molecule has 0 aliphatic carbocycles. The summed E-state index contributed by atoms with van der Waals surface area (Å²) in [6.07, 6.45) is 2.94. The van der Waals surface area contributed by atoms with E-state index in [4.69, 9.17) is 9.94 Å². The van der Waals surface area contributed by atoms with E-state index in [1.165, 1.54) is 10.9 Å². The highest BCUT2D eigenvalue weighted by molar-refractivity contribution is 5.93. The van der Waals surface area contributed by atoms with Gasteiger partial charge in [-0.15, -0.1) is 0 Å². The van der Waals surface area contributed by atoms with Crippen molar-refractivity contribution < 1.29 is 14.7 Å². The highest BCUT2D eigenvalue weighted by Gasteiger charge is 2.06. The Balaban J connectivity index is 1.54. The van der Waals surface area contributed by atoms with Gasteiger partial charge in [-0.3, -0.25) is 10.0 Å². The van der Waals surface area contributed by atoms with Crippen LogP contribution in [0.4, 0.5) is 0 Å². The highest BCUT2D eigenvalue weighted by atomic mass is 16.5. The van der Waals surface area contributed by atoms with Crippen molar-refractivity contribution in [3.05, 3.63) is 65.4 Å². The van der Waals surface area contributed by atoms with Gasteiger partial charge in [-0.2, -0.15) is 0 Å². The molecule has 130 valence electrons. The van der Waals surface area contributed by atoms with Gasteiger partial charge >= 0.3 is 0 Å². The summed E-state index contributed by atoms with van der Waals surface area (Å²) >= 11 is 0. The predicted octanol–water partition coefficient (Wildman–Crippen LogP) is 2.63. The molecule has 1 amide bonds. The average molecular weight is 339 g/mol. The maximum absolute atomic E-state index is 11.3. The van der Waals surface area contributed by atoms with Crippen molar-refractivity contribution in [2.45, 2.75) is 13.0 Å². The van der Waals surface area contributed by atoms with E-state index in [0.29, 0.717) is 12.1 Å². The predicted molar refractivity (Wildman–Crippen MR) is 96.0 cm³/mol. The Morgan fingerprint density at radius 2 is 2.00 bits per heavy atom. The number of hydrogen-bond acceptors (Lipinski definition) is 4. The molecule has 3 aromatic rings. The maximum Gasteiger partial charge on any atom is 0.274 e. The summed E-state index contributed by atoms with van der Waals surface area (Å²) in [5.41, 5.74) is 5.49. The molecule has 6 nitrogen and oxygen atoms in total. The third-order valence-corrected chi connectivity index (χ3v) is 4.19. The van der Waals surface area contributed by atoms with Gasteiger partial charge in [0.2, 0.25) is 0 Å². The first-order valence-corrected chi connectivity index (χ1v) is 8.09. The van der Waals surface area contributed by atoms with Crippen molar-refractivity contribution in [3.8, 4) is 5.75 Å². The topological polar surface area (TPSA) is 86.4 Å². The fourth-order valence-electron chi connectivity index (χ4n) is 2.79. The number of fused-ring (bicyclic) bond motifs is 1. The quantitative estimate of drug-likeness (QED) is 0.303. The number of carbonyl (C=O) groups is 1. The average Bonchev–Trinajstić information content (AvgIpc) is 3.07. The number of ether oxygens (including phenoxy) is 1. The number of hydroxylamine groups is 1. The fraction of sp³-hybridized carbons (Fsp3) is 0.211. The molecule has 0 saturated carbocycles. The van der Waals surface area contributed by atoms with Gasteiger partial charge in [0.05, 0.1) is 7.11 Å². The van der Waals surface area contributed by atoms with Crippen LogP contribution in [0.1, 0.15) is 21.5 Å². The highest BCUT2D eigenvalue weighted by Crippen LogP contribution is 2.23. The van der Waals surface area contributed by atoms with E-state index in [9.17, 15) is 4.79 Å². The molecule has 1 aromatic heterocycles. The van der Waals surface area contributed by atoms with E-state index in [1.807, 2.05) is 36.5 Å². The van der Waals surface area contributed by atoms with Crippen molar-refractivity contribution in [3.63, 3.8) is 0 Å². The Labute approximate surface area is 145 Å². The van der Waals surface area contributed by atoms with Crippen LogP contribution in [0.15, 0.2) is 48.7 Å². The Morgan fingerprint density at radius 3 is 2.72 bits per heavy atom. The Morgan fingerprint density at radius 1 is 1.20 bits per heavy atom. The molecular formula is C19H21N3O3. The van der Waals surface area contributed by atoms with Gasteiger partial charge < -0.3 is 15.0 Å². The van der Waals surface area contributed by atoms with Gasteiger partial charge in [0, 0.05) is 29.2 Å². The van der Waals surface area contributed by atoms with E-state index >= 15 is 0 Å². The van der Waals surface area contributed by atoms with Crippen LogP contribution >= 0.6 is 0 Å². The molecule has 0 bridgehead atoms. The first kappa shape index (κ1) is 17.0. The van der Waals surface area contributed by atoms with E-state index in [2.05, 4.69) is 10.3 Å². The summed E-state index contributed by atoms with van der Waals surface area (Å²) in [6.45, 7) is 1.55. The number of carbonyl (C=O) groups excluding carboxylic acids is 1. The third kappa shape index (κ3) is 3.99. The third-order valence-electron chi connectivity index (χ3n) is 4.19. The summed E-state index contributed by atoms with van der Waals surface area (Å²) in [7, 11) is 1.67. The second kappa shape index (κ2) is 7.83. The summed E-state index contributed by atoms with van der Waals surface area (Å²) in [5.74, 6) is 0.350. The first-order chi connectivity index (χ1) is 12.2. The van der Waals surface area contributed by atoms with Crippen molar-refractivity contribution in [2.24, 2.45) is 0 Å². The molecule has 0 aliphatic heterocycles. The summed E-state index contributed by atoms with van der Waals surface area (Å²) in [6, 6.07) is 13.1. The number of benzene rings is 2. The zero-order valence-corrected chi connectivity index (χ0v) is 14.0. The van der Waals surface area contributed by atoms with Crippen LogP contribution in [-0.2, 0) is 13.0 Å². The smallest absolute Gasteiger partial charge is 0.274 e. The monoisotopic (exact) mass is 339 g/mol. The molecule has 0 radical (unpaired) electrons. The zero-order chi connectivity index (χ0) is 17.6. The van der Waals surface area contributed by atoms with Crippen LogP contribution in [0.5, 0.6) is 5.75 Å². The molecule has 6 heteroatoms. The first-order valence-electron chi connectivity index (χ1n) is 8.09. The largest absolute Gasteiger partial charge is 0.497 e. The molecule has 3 rings (SSSR count). The van der Waals surface area contributed by atoms with Gasteiger partial charge in [0.15, 0.2) is 0 Å². The van der Waals surface area contributed by atoms with Crippen LogP contribution < -0.4 is 15.5 Å². The zero-order valence-electron chi connectivity index (χ0n) is 14.0. The molecular weight excluding hydrogens is 318 g/mol. The number of nitrogens with one attached hydrogen (secondary N) is 3. The van der Waals surface area contributed by atoms with Crippen molar-refractivity contribution in [1.29, 1.82) is 0 Å². The van der Waals surface area contributed by atoms with Gasteiger partial charge in [-0.05, 0) is 54.4 Å². The maximum atomic E-state index is 11.3. The summed E-state index contributed by atoms with van der Waals surface area (Å²) in [4.78, 5) is 14.6. The van der Waals surface area contributed by atoms with Crippen LogP contribution in [0.2, 0.25) is 0 Å². The Hall–Kier alpha value is -2.83. The Kier molecular flexibility index (Phi) is 5.33. The molecule has 25 heavy (non-hydrogen) atoms. The minimum Gasteiger partial charge on any atom is -0.497 e. The molecule has 0 spiro atoms. The molecule has 0 saturated heterocycles. The number of aromatic nitrogens is 1. The number of aromatic amines is 1. The SMILES string of the molecule is COc1ccc2[nH]cc(CCNCc3ccc(C(=O)NO)cc3)c2c1. The van der Waals surface area contributed by atoms with E-state index in [1.54, 1.807) is 24.7 Å². The molecule has 1 heterocycles. The Bertz CT molecular complexity index is 856. The molecule has 0 atom stereocenters. The van der Waals surface area contributed by atoms with Gasteiger partial charge in [-0.25, -0.2) is 5.48 Å². The second-order valence-electron chi connectivity index (χ2n) is 5.79. The van der Waals surface area contributed by atoms with Gasteiger partial charge in [-0.1, -0.05) is 12.1 Å². The normalized spacial score (nSPS) is 10.8. The minimum atomic E-state index is -0.505. The molecule has 2 aromatic carbocycles. The van der Waals surface area contributed by atoms with E-state index in [0.717, 1.165) is 29.8 Å². The summed E-state index contributed by atoms with van der Waals surface area (Å²) < 4.78 is 5.29. The molecule has 0 aliphatic rings. The standard InChI is InChI=1S/C19H21N3O3/c1-25-16-6-7-18-17(10-16)15(12-21-18)8-9-20-11-13-2-4-14(5-3-13)19(23)22-24/h2-7,10,12,20-21,24H,8-9,11H2,1H3,(H,22,23). The molecule has 0 fully saturated rings. The lowest BCUT2D eigenvalue weighted by Gasteiger charge is -2.06. The van der Waals surface area contributed by atoms with Gasteiger partial charge in [0.25, 0.3) is 5.91 Å². The lowest BCUT2D eigenvalue weighted by molar-refractivity contribution is 0.0706. The van der Waals surface area contributed by atoms with Gasteiger partial charge in [0.1, 0.15) is 5.75 Å². The van der Waals surface area contributed by atoms with Crippen LogP contribution in [0.3, 0.4) is 0 Å². The van der Waals surface area contributed by atoms with E-state index in [-0.39, 0.29) is 0 Å². The lowest BCUT2D eigenvalue weighted by Crippen LogP contribution is -2.19. The van der Waals surface area contributed by atoms with Crippen molar-refractivity contribution >= 4 is 16.8 Å². The van der Waals surface area contributed by atoms with Crippen LogP contribution in [-0.4, -0.2) is 29.8 Å². The lowest BCUT2D eigenvalue weighted by atomic mass is 10.1. The molecule has 4 N–H and O–H groups in total. The fourth-order valence-corrected chi connectivity index (χ4v) is 2.79. The number of H-pyrrole nitrogens is 1. The van der Waals surface area contributed by atoms with E-state index < -0.39 is 5.91 Å². The summed E-state index contributed by atoms with van der Waals surface area (Å²) in [5, 5.41) is 13.2. The van der Waals surface area contributed by atoms with Crippen molar-refractivity contribution in [2.75, 3.05) is 13.7 Å². The number of hydrogen-bond donors (Lipinski definition) is 4. The number of amides is 1. The molecule has 0 unspecified atom stereocenters. The van der Waals surface area contributed by atoms with Crippen LogP contribution in [0.25, 0.3) is 10.9 Å². The number of methoxy groups -OCH3 is 1. The second-order valence-corrected chi connectivity index (χ2v) is 5.79.